The lowest BCUT2D eigenvalue weighted by Crippen LogP contribution is -1.94. The van der Waals surface area contributed by atoms with E-state index in [-0.39, 0.29) is 0 Å². The third-order valence-corrected chi connectivity index (χ3v) is 13.8. The summed E-state index contributed by atoms with van der Waals surface area (Å²) in [7, 11) is 0. The molecule has 0 aliphatic heterocycles. The maximum atomic E-state index is 2.44. The van der Waals surface area contributed by atoms with Gasteiger partial charge in [0.2, 0.25) is 0 Å². The molecule has 0 N–H and O–H groups in total. The standard InChI is InChI=1S/C62H38N2/c1-2-12-39(13-3-1)40-24-29-46(30-25-40)63-58-22-8-6-18-50(58)55-36-43(27-32-60(55)63)44-28-33-61-56(37-44)51-19-7-9-23-59(51)64(61)47-16-10-15-41(34-47)42-26-31-49-53-21-11-20-52-48-17-5-4-14-45(48)38-57(62(52)53)54(49)35-42/h1-38H. The van der Waals surface area contributed by atoms with Gasteiger partial charge in [0.15, 0.2) is 0 Å². The largest absolute Gasteiger partial charge is 0.309 e. The van der Waals surface area contributed by atoms with E-state index in [9.17, 15) is 0 Å². The molecule has 11 aromatic carbocycles. The zero-order valence-corrected chi connectivity index (χ0v) is 34.8. The number of hydrogen-bond acceptors (Lipinski definition) is 0. The maximum absolute atomic E-state index is 2.44. The molecule has 0 amide bonds. The lowest BCUT2D eigenvalue weighted by Gasteiger charge is -2.12. The Morgan fingerprint density at radius 2 is 0.734 bits per heavy atom. The first-order valence-electron chi connectivity index (χ1n) is 22.2. The molecule has 14 rings (SSSR count). The predicted molar refractivity (Wildman–Crippen MR) is 271 cm³/mol. The molecule has 2 aromatic heterocycles. The lowest BCUT2D eigenvalue weighted by atomic mass is 9.95. The molecule has 13 aromatic rings. The summed E-state index contributed by atoms with van der Waals surface area (Å²) in [6.07, 6.45) is 0. The summed E-state index contributed by atoms with van der Waals surface area (Å²) in [6.45, 7) is 0. The van der Waals surface area contributed by atoms with Gasteiger partial charge in [0.25, 0.3) is 0 Å². The van der Waals surface area contributed by atoms with Crippen molar-refractivity contribution in [2.45, 2.75) is 0 Å². The Bertz CT molecular complexity index is 4050. The van der Waals surface area contributed by atoms with Crippen molar-refractivity contribution >= 4 is 65.2 Å². The fourth-order valence-electron chi connectivity index (χ4n) is 10.9. The second-order valence-corrected chi connectivity index (χ2v) is 17.3. The molecule has 0 spiro atoms. The van der Waals surface area contributed by atoms with Crippen molar-refractivity contribution < 1.29 is 0 Å². The first-order valence-corrected chi connectivity index (χ1v) is 22.2. The summed E-state index contributed by atoms with van der Waals surface area (Å²) in [6, 6.07) is 85.2. The second kappa shape index (κ2) is 13.5. The minimum atomic E-state index is 1.15. The number of nitrogens with zero attached hydrogens (tertiary/aromatic N) is 2. The van der Waals surface area contributed by atoms with E-state index in [1.54, 1.807) is 0 Å². The third kappa shape index (κ3) is 5.14. The van der Waals surface area contributed by atoms with Gasteiger partial charge in [0.05, 0.1) is 22.1 Å². The molecule has 296 valence electrons. The van der Waals surface area contributed by atoms with Crippen molar-refractivity contribution in [1.29, 1.82) is 0 Å². The Balaban J connectivity index is 0.862. The van der Waals surface area contributed by atoms with Crippen molar-refractivity contribution in [3.63, 3.8) is 0 Å². The van der Waals surface area contributed by atoms with E-state index in [1.807, 2.05) is 0 Å². The van der Waals surface area contributed by atoms with Gasteiger partial charge in [-0.1, -0.05) is 158 Å². The van der Waals surface area contributed by atoms with Crippen molar-refractivity contribution in [3.8, 4) is 67.0 Å². The predicted octanol–water partition coefficient (Wildman–Crippen LogP) is 16.8. The molecule has 2 heterocycles. The third-order valence-electron chi connectivity index (χ3n) is 13.8. The van der Waals surface area contributed by atoms with E-state index in [1.165, 1.54) is 121 Å². The Labute approximate surface area is 370 Å². The van der Waals surface area contributed by atoms with Gasteiger partial charge in [0, 0.05) is 32.9 Å². The SMILES string of the molecule is c1ccc(-c2ccc(-n3c4ccccc4c4cc(-c5ccc6c(c5)c5ccccc5n6-c5cccc(-c6ccc7c(c6)-c6cc8ccccc8c8cccc-7c68)c5)ccc43)cc2)cc1. The molecule has 0 saturated heterocycles. The van der Waals surface area contributed by atoms with Gasteiger partial charge < -0.3 is 9.13 Å². The molecule has 0 atom stereocenters. The molecule has 1 aliphatic rings. The second-order valence-electron chi connectivity index (χ2n) is 17.3. The van der Waals surface area contributed by atoms with Gasteiger partial charge in [0.1, 0.15) is 0 Å². The average molecular weight is 811 g/mol. The van der Waals surface area contributed by atoms with Crippen LogP contribution in [0.25, 0.3) is 132 Å². The summed E-state index contributed by atoms with van der Waals surface area (Å²) in [5.41, 5.74) is 19.7. The highest BCUT2D eigenvalue weighted by molar-refractivity contribution is 6.23. The van der Waals surface area contributed by atoms with Crippen molar-refractivity contribution in [3.05, 3.63) is 231 Å². The van der Waals surface area contributed by atoms with Crippen LogP contribution < -0.4 is 0 Å². The van der Waals surface area contributed by atoms with Crippen LogP contribution in [0.3, 0.4) is 0 Å². The van der Waals surface area contributed by atoms with Gasteiger partial charge in [-0.15, -0.1) is 0 Å². The van der Waals surface area contributed by atoms with Gasteiger partial charge >= 0.3 is 0 Å². The molecule has 0 saturated carbocycles. The molecular weight excluding hydrogens is 773 g/mol. The lowest BCUT2D eigenvalue weighted by molar-refractivity contribution is 1.18. The van der Waals surface area contributed by atoms with E-state index in [0.717, 1.165) is 11.4 Å². The van der Waals surface area contributed by atoms with Crippen LogP contribution in [0, 0.1) is 0 Å². The van der Waals surface area contributed by atoms with Gasteiger partial charge in [-0.2, -0.15) is 0 Å². The van der Waals surface area contributed by atoms with Gasteiger partial charge in [-0.25, -0.2) is 0 Å². The number of para-hydroxylation sites is 2. The average Bonchev–Trinajstić information content (AvgIpc) is 4.00. The molecule has 0 fully saturated rings. The first kappa shape index (κ1) is 35.2. The highest BCUT2D eigenvalue weighted by atomic mass is 15.0. The number of benzene rings is 11. The summed E-state index contributed by atoms with van der Waals surface area (Å²) in [4.78, 5) is 0. The van der Waals surface area contributed by atoms with Crippen LogP contribution >= 0.6 is 0 Å². The smallest absolute Gasteiger partial charge is 0.0541 e. The zero-order valence-electron chi connectivity index (χ0n) is 34.8. The van der Waals surface area contributed by atoms with Crippen LogP contribution in [0.15, 0.2) is 231 Å². The van der Waals surface area contributed by atoms with Crippen molar-refractivity contribution in [2.75, 3.05) is 0 Å². The Morgan fingerprint density at radius 3 is 1.47 bits per heavy atom. The Morgan fingerprint density at radius 1 is 0.219 bits per heavy atom. The first-order chi connectivity index (χ1) is 31.7. The van der Waals surface area contributed by atoms with Crippen molar-refractivity contribution in [1.82, 2.24) is 9.13 Å². The van der Waals surface area contributed by atoms with Crippen LogP contribution in [0.1, 0.15) is 0 Å². The van der Waals surface area contributed by atoms with Crippen LogP contribution in [-0.4, -0.2) is 9.13 Å². The van der Waals surface area contributed by atoms with E-state index < -0.39 is 0 Å². The normalized spacial score (nSPS) is 12.1. The minimum Gasteiger partial charge on any atom is -0.309 e. The van der Waals surface area contributed by atoms with Gasteiger partial charge in [-0.3, -0.25) is 0 Å². The summed E-state index contributed by atoms with van der Waals surface area (Å²) in [5.74, 6) is 0. The molecule has 0 bridgehead atoms. The highest BCUT2D eigenvalue weighted by Crippen LogP contribution is 2.50. The Kier molecular flexibility index (Phi) is 7.43. The maximum Gasteiger partial charge on any atom is 0.0541 e. The number of rotatable bonds is 5. The summed E-state index contributed by atoms with van der Waals surface area (Å²) in [5, 5.41) is 10.3. The summed E-state index contributed by atoms with van der Waals surface area (Å²) >= 11 is 0. The molecule has 0 radical (unpaired) electrons. The highest BCUT2D eigenvalue weighted by Gasteiger charge is 2.24. The summed E-state index contributed by atoms with van der Waals surface area (Å²) < 4.78 is 4.84. The molecule has 1 aliphatic carbocycles. The minimum absolute atomic E-state index is 1.15. The topological polar surface area (TPSA) is 9.86 Å². The van der Waals surface area contributed by atoms with Gasteiger partial charge in [-0.05, 0) is 150 Å². The molecule has 0 unspecified atom stereocenters. The van der Waals surface area contributed by atoms with Crippen LogP contribution in [0.5, 0.6) is 0 Å². The fraction of sp³-hybridized carbons (Fsp3) is 0. The monoisotopic (exact) mass is 810 g/mol. The molecule has 2 heteroatoms. The zero-order chi connectivity index (χ0) is 41.9. The quantitative estimate of drug-likeness (QED) is 0.153. The Hall–Kier alpha value is -8.46. The number of aromatic nitrogens is 2. The van der Waals surface area contributed by atoms with E-state index in [4.69, 9.17) is 0 Å². The molecule has 2 nitrogen and oxygen atoms in total. The number of fused-ring (bicyclic) bond motifs is 11. The van der Waals surface area contributed by atoms with Crippen molar-refractivity contribution in [2.24, 2.45) is 0 Å². The van der Waals surface area contributed by atoms with Crippen LogP contribution in [-0.2, 0) is 0 Å². The van der Waals surface area contributed by atoms with E-state index in [2.05, 4.69) is 240 Å². The van der Waals surface area contributed by atoms with E-state index >= 15 is 0 Å². The fourth-order valence-corrected chi connectivity index (χ4v) is 10.9. The van der Waals surface area contributed by atoms with E-state index in [0.29, 0.717) is 0 Å². The van der Waals surface area contributed by atoms with Crippen LogP contribution in [0.2, 0.25) is 0 Å². The molecular formula is C62H38N2. The molecule has 64 heavy (non-hydrogen) atoms. The number of hydrogen-bond donors (Lipinski definition) is 0. The van der Waals surface area contributed by atoms with Crippen LogP contribution in [0.4, 0.5) is 0 Å².